The fourth-order valence-corrected chi connectivity index (χ4v) is 3.20. The zero-order valence-electron chi connectivity index (χ0n) is 12.3. The topological polar surface area (TPSA) is 48.3 Å². The van der Waals surface area contributed by atoms with Crippen LogP contribution < -0.4 is 5.32 Å². The molecular formula is C15H27N3O. The van der Waals surface area contributed by atoms with Gasteiger partial charge in [-0.25, -0.2) is 0 Å². The Balaban J connectivity index is 1.91. The Hall–Kier alpha value is -0.630. The molecular weight excluding hydrogens is 238 g/mol. The summed E-state index contributed by atoms with van der Waals surface area (Å²) in [6.45, 7) is 7.03. The van der Waals surface area contributed by atoms with Gasteiger partial charge >= 0.3 is 0 Å². The molecule has 0 spiro atoms. The monoisotopic (exact) mass is 265 g/mol. The first-order valence-corrected chi connectivity index (χ1v) is 7.61. The first kappa shape index (κ1) is 14.8. The summed E-state index contributed by atoms with van der Waals surface area (Å²) in [5, 5.41) is 13.2. The van der Waals surface area contributed by atoms with Gasteiger partial charge in [0.25, 0.3) is 0 Å². The summed E-state index contributed by atoms with van der Waals surface area (Å²) in [5.41, 5.74) is -0.308. The Kier molecular flexibility index (Phi) is 5.20. The third kappa shape index (κ3) is 3.68. The van der Waals surface area contributed by atoms with E-state index in [2.05, 4.69) is 23.2 Å². The molecule has 1 saturated carbocycles. The normalized spacial score (nSPS) is 27.1. The Morgan fingerprint density at radius 1 is 1.42 bits per heavy atom. The van der Waals surface area contributed by atoms with Gasteiger partial charge in [0.2, 0.25) is 0 Å². The van der Waals surface area contributed by atoms with E-state index in [0.29, 0.717) is 11.8 Å². The van der Waals surface area contributed by atoms with Gasteiger partial charge < -0.3 is 9.64 Å². The van der Waals surface area contributed by atoms with Crippen molar-refractivity contribution in [1.29, 1.82) is 5.26 Å². The van der Waals surface area contributed by atoms with E-state index in [4.69, 9.17) is 4.74 Å². The van der Waals surface area contributed by atoms with E-state index in [0.717, 1.165) is 39.2 Å². The number of nitrogens with zero attached hydrogens (tertiary/aromatic N) is 2. The Labute approximate surface area is 117 Å². The quantitative estimate of drug-likeness (QED) is 0.724. The summed E-state index contributed by atoms with van der Waals surface area (Å²) in [6, 6.07) is 2.60. The van der Waals surface area contributed by atoms with Crippen LogP contribution in [0.4, 0.5) is 0 Å². The van der Waals surface area contributed by atoms with Crippen molar-refractivity contribution in [2.45, 2.75) is 38.1 Å². The van der Waals surface area contributed by atoms with Crippen LogP contribution in [0.25, 0.3) is 0 Å². The molecule has 4 heteroatoms. The highest BCUT2D eigenvalue weighted by atomic mass is 16.5. The maximum Gasteiger partial charge on any atom is 0.122 e. The number of nitrogens with one attached hydrogen (secondary N) is 1. The van der Waals surface area contributed by atoms with Crippen molar-refractivity contribution < 1.29 is 4.74 Å². The van der Waals surface area contributed by atoms with Gasteiger partial charge in [0.15, 0.2) is 0 Å². The molecule has 0 radical (unpaired) electrons. The minimum Gasteiger partial charge on any atom is -0.384 e. The molecule has 4 nitrogen and oxygen atoms in total. The molecule has 0 aromatic carbocycles. The van der Waals surface area contributed by atoms with Crippen LogP contribution in [0.2, 0.25) is 0 Å². The van der Waals surface area contributed by atoms with Crippen molar-refractivity contribution >= 4 is 0 Å². The van der Waals surface area contributed by atoms with E-state index < -0.39 is 0 Å². The molecule has 1 saturated heterocycles. The van der Waals surface area contributed by atoms with E-state index in [-0.39, 0.29) is 5.54 Å². The largest absolute Gasteiger partial charge is 0.384 e. The highest BCUT2D eigenvalue weighted by molar-refractivity contribution is 5.17. The summed E-state index contributed by atoms with van der Waals surface area (Å²) >= 11 is 0. The smallest absolute Gasteiger partial charge is 0.122 e. The number of nitriles is 1. The van der Waals surface area contributed by atoms with Crippen LogP contribution in [-0.2, 0) is 4.74 Å². The lowest BCUT2D eigenvalue weighted by Gasteiger charge is -2.32. The Morgan fingerprint density at radius 3 is 2.79 bits per heavy atom. The maximum absolute atomic E-state index is 9.68. The van der Waals surface area contributed by atoms with Gasteiger partial charge in [-0.15, -0.1) is 0 Å². The summed E-state index contributed by atoms with van der Waals surface area (Å²) < 4.78 is 5.25. The van der Waals surface area contributed by atoms with E-state index in [1.54, 1.807) is 7.11 Å². The Morgan fingerprint density at radius 2 is 2.21 bits per heavy atom. The molecule has 1 aliphatic heterocycles. The molecule has 1 heterocycles. The van der Waals surface area contributed by atoms with Crippen molar-refractivity contribution in [2.75, 3.05) is 39.9 Å². The fraction of sp³-hybridized carbons (Fsp3) is 0.933. The molecule has 108 valence electrons. The third-order valence-corrected chi connectivity index (χ3v) is 4.41. The van der Waals surface area contributed by atoms with E-state index in [1.165, 1.54) is 19.3 Å². The third-order valence-electron chi connectivity index (χ3n) is 4.41. The minimum absolute atomic E-state index is 0.308. The van der Waals surface area contributed by atoms with Crippen LogP contribution in [-0.4, -0.2) is 50.3 Å². The summed E-state index contributed by atoms with van der Waals surface area (Å²) in [7, 11) is 1.77. The molecule has 0 amide bonds. The van der Waals surface area contributed by atoms with Crippen LogP contribution in [0.15, 0.2) is 0 Å². The summed E-state index contributed by atoms with van der Waals surface area (Å²) in [6.07, 6.45) is 4.70. The molecule has 1 N–H and O–H groups in total. The van der Waals surface area contributed by atoms with Crippen molar-refractivity contribution in [1.82, 2.24) is 10.2 Å². The molecule has 19 heavy (non-hydrogen) atoms. The van der Waals surface area contributed by atoms with Gasteiger partial charge in [-0.3, -0.25) is 5.32 Å². The molecule has 0 aromatic heterocycles. The van der Waals surface area contributed by atoms with Gasteiger partial charge in [-0.05, 0) is 50.6 Å². The zero-order chi connectivity index (χ0) is 13.7. The standard InChI is InChI=1S/C15H27N3O/c1-3-7-17-15(11-16,14-4-5-14)12-18-8-6-13(9-18)10-19-2/h13-14,17H,3-10,12H2,1-2H3. The van der Waals surface area contributed by atoms with Crippen LogP contribution >= 0.6 is 0 Å². The Bertz CT molecular complexity index is 324. The van der Waals surface area contributed by atoms with Crippen molar-refractivity contribution in [3.8, 4) is 6.07 Å². The molecule has 1 aliphatic carbocycles. The first-order chi connectivity index (χ1) is 9.24. The predicted octanol–water partition coefficient (Wildman–Crippen LogP) is 1.63. The summed E-state index contributed by atoms with van der Waals surface area (Å²) in [5.74, 6) is 1.21. The number of hydrogen-bond acceptors (Lipinski definition) is 4. The molecule has 0 bridgehead atoms. The van der Waals surface area contributed by atoms with Gasteiger partial charge in [0.1, 0.15) is 5.54 Å². The van der Waals surface area contributed by atoms with E-state index in [1.807, 2.05) is 0 Å². The van der Waals surface area contributed by atoms with E-state index in [9.17, 15) is 5.26 Å². The lowest BCUT2D eigenvalue weighted by Crippen LogP contribution is -2.54. The molecule has 2 aliphatic rings. The molecule has 2 unspecified atom stereocenters. The fourth-order valence-electron chi connectivity index (χ4n) is 3.20. The predicted molar refractivity (Wildman–Crippen MR) is 75.8 cm³/mol. The van der Waals surface area contributed by atoms with E-state index >= 15 is 0 Å². The van der Waals surface area contributed by atoms with Gasteiger partial charge in [-0.1, -0.05) is 6.92 Å². The average molecular weight is 265 g/mol. The highest BCUT2D eigenvalue weighted by Gasteiger charge is 2.46. The second-order valence-electron chi connectivity index (χ2n) is 6.13. The number of rotatable bonds is 8. The van der Waals surface area contributed by atoms with Gasteiger partial charge in [0, 0.05) is 20.2 Å². The second kappa shape index (κ2) is 6.69. The molecule has 2 fully saturated rings. The number of likely N-dealkylation sites (tertiary alicyclic amines) is 1. The first-order valence-electron chi connectivity index (χ1n) is 7.61. The van der Waals surface area contributed by atoms with Gasteiger partial charge in [0.05, 0.1) is 12.7 Å². The highest BCUT2D eigenvalue weighted by Crippen LogP contribution is 2.40. The second-order valence-corrected chi connectivity index (χ2v) is 6.13. The van der Waals surface area contributed by atoms with Crippen LogP contribution in [0.1, 0.15) is 32.6 Å². The van der Waals surface area contributed by atoms with Crippen molar-refractivity contribution in [2.24, 2.45) is 11.8 Å². The number of methoxy groups -OCH3 is 1. The average Bonchev–Trinajstić information content (AvgIpc) is 3.18. The van der Waals surface area contributed by atoms with Crippen LogP contribution in [0, 0.1) is 23.2 Å². The molecule has 0 aromatic rings. The van der Waals surface area contributed by atoms with Crippen molar-refractivity contribution in [3.05, 3.63) is 0 Å². The minimum atomic E-state index is -0.308. The lowest BCUT2D eigenvalue weighted by atomic mass is 9.94. The maximum atomic E-state index is 9.68. The SMILES string of the molecule is CCCNC(C#N)(CN1CCC(COC)C1)C1CC1. The molecule has 2 rings (SSSR count). The summed E-state index contributed by atoms with van der Waals surface area (Å²) in [4.78, 5) is 2.45. The zero-order valence-corrected chi connectivity index (χ0v) is 12.3. The lowest BCUT2D eigenvalue weighted by molar-refractivity contribution is 0.148. The number of hydrogen-bond donors (Lipinski definition) is 1. The van der Waals surface area contributed by atoms with Crippen LogP contribution in [0.3, 0.4) is 0 Å². The molecule has 2 atom stereocenters. The van der Waals surface area contributed by atoms with Crippen LogP contribution in [0.5, 0.6) is 0 Å². The number of ether oxygens (including phenoxy) is 1. The van der Waals surface area contributed by atoms with Gasteiger partial charge in [-0.2, -0.15) is 5.26 Å². The van der Waals surface area contributed by atoms with Crippen molar-refractivity contribution in [3.63, 3.8) is 0 Å².